The first kappa shape index (κ1) is 19.9. The minimum Gasteiger partial charge on any atom is -0.328 e. The van der Waals surface area contributed by atoms with Crippen LogP contribution < -0.4 is 5.32 Å². The number of alkyl halides is 3. The molecule has 0 radical (unpaired) electrons. The minimum atomic E-state index is -4.83. The lowest BCUT2D eigenvalue weighted by molar-refractivity contribution is -0.145. The van der Waals surface area contributed by atoms with Crippen molar-refractivity contribution in [3.63, 3.8) is 0 Å². The van der Waals surface area contributed by atoms with E-state index in [1.54, 1.807) is 0 Å². The number of hydrogen-bond acceptors (Lipinski definition) is 5. The lowest BCUT2D eigenvalue weighted by Gasteiger charge is -2.34. The number of hydrogen-bond donors (Lipinski definition) is 1. The summed E-state index contributed by atoms with van der Waals surface area (Å²) < 4.78 is 68.5. The van der Waals surface area contributed by atoms with Crippen molar-refractivity contribution in [1.82, 2.24) is 14.8 Å². The standard InChI is InChI=1S/C20H13F5N4OS/c21-11-4-10(5-12(22)8-11)17-16-13(6-9(7-14(16)30)15-2-1-3-31-15)26-19-27-18(20(23,24)25)28-29(17)19/h1-5,8-9,17H,6-7H2,(H,26,27,28)/t9-,17+/m0/s1. The van der Waals surface area contributed by atoms with Crippen LogP contribution in [0.5, 0.6) is 0 Å². The van der Waals surface area contributed by atoms with Crippen LogP contribution in [0.15, 0.2) is 47.0 Å². The second-order valence-electron chi connectivity index (χ2n) is 7.37. The maximum absolute atomic E-state index is 13.9. The van der Waals surface area contributed by atoms with Gasteiger partial charge in [-0.15, -0.1) is 16.4 Å². The highest BCUT2D eigenvalue weighted by molar-refractivity contribution is 7.10. The number of anilines is 1. The number of nitrogens with one attached hydrogen (secondary N) is 1. The van der Waals surface area contributed by atoms with Crippen LogP contribution in [-0.2, 0) is 11.0 Å². The Morgan fingerprint density at radius 3 is 2.52 bits per heavy atom. The molecule has 11 heteroatoms. The predicted molar refractivity (Wildman–Crippen MR) is 101 cm³/mol. The van der Waals surface area contributed by atoms with Crippen LogP contribution in [0.4, 0.5) is 27.9 Å². The summed E-state index contributed by atoms with van der Waals surface area (Å²) in [4.78, 5) is 17.6. The third kappa shape index (κ3) is 3.42. The van der Waals surface area contributed by atoms with E-state index in [0.717, 1.165) is 21.7 Å². The smallest absolute Gasteiger partial charge is 0.328 e. The SMILES string of the molecule is O=C1C[C@@H](c2cccs2)CC2=C1[C@@H](c1cc(F)cc(F)c1)n1nc(C(F)(F)F)nc1N2. The van der Waals surface area contributed by atoms with Gasteiger partial charge in [-0.2, -0.15) is 18.2 Å². The molecule has 1 aliphatic carbocycles. The Labute approximate surface area is 176 Å². The third-order valence-electron chi connectivity index (χ3n) is 5.32. The number of aromatic nitrogens is 3. The highest BCUT2D eigenvalue weighted by Gasteiger charge is 2.43. The van der Waals surface area contributed by atoms with Gasteiger partial charge in [0.15, 0.2) is 5.78 Å². The lowest BCUT2D eigenvalue weighted by Crippen LogP contribution is -2.33. The Hall–Kier alpha value is -3.08. The fraction of sp³-hybridized carbons (Fsp3) is 0.250. The molecule has 0 spiro atoms. The van der Waals surface area contributed by atoms with E-state index < -0.39 is 29.7 Å². The van der Waals surface area contributed by atoms with Gasteiger partial charge in [-0.3, -0.25) is 4.79 Å². The topological polar surface area (TPSA) is 59.8 Å². The van der Waals surface area contributed by atoms with Crippen molar-refractivity contribution in [2.24, 2.45) is 0 Å². The number of allylic oxidation sites excluding steroid dienone is 2. The molecule has 2 aromatic heterocycles. The molecule has 0 amide bonds. The molecule has 0 saturated heterocycles. The first-order valence-corrected chi connectivity index (χ1v) is 10.1. The van der Waals surface area contributed by atoms with E-state index in [2.05, 4.69) is 15.4 Å². The second-order valence-corrected chi connectivity index (χ2v) is 8.35. The van der Waals surface area contributed by atoms with Crippen LogP contribution in [0.25, 0.3) is 0 Å². The van der Waals surface area contributed by atoms with E-state index in [0.29, 0.717) is 18.2 Å². The molecule has 0 bridgehead atoms. The van der Waals surface area contributed by atoms with Gasteiger partial charge in [-0.05, 0) is 35.6 Å². The Bertz CT molecular complexity index is 1190. The van der Waals surface area contributed by atoms with Crippen molar-refractivity contribution >= 4 is 23.1 Å². The third-order valence-corrected chi connectivity index (χ3v) is 6.35. The molecule has 2 atom stereocenters. The number of carbonyl (C=O) groups is 1. The molecule has 5 nitrogen and oxygen atoms in total. The van der Waals surface area contributed by atoms with Gasteiger partial charge in [-0.1, -0.05) is 6.07 Å². The number of benzene rings is 1. The molecular weight excluding hydrogens is 439 g/mol. The average molecular weight is 452 g/mol. The zero-order valence-electron chi connectivity index (χ0n) is 15.6. The molecular formula is C20H13F5N4OS. The van der Waals surface area contributed by atoms with Crippen LogP contribution >= 0.6 is 11.3 Å². The molecule has 5 rings (SSSR count). The highest BCUT2D eigenvalue weighted by atomic mass is 32.1. The molecule has 1 N–H and O–H groups in total. The molecule has 3 aromatic rings. The molecule has 1 aliphatic heterocycles. The summed E-state index contributed by atoms with van der Waals surface area (Å²) in [6.07, 6.45) is -4.34. The molecule has 1 aromatic carbocycles. The van der Waals surface area contributed by atoms with E-state index >= 15 is 0 Å². The van der Waals surface area contributed by atoms with Gasteiger partial charge in [0.1, 0.15) is 17.7 Å². The number of thiophene rings is 1. The monoisotopic (exact) mass is 452 g/mol. The van der Waals surface area contributed by atoms with E-state index in [9.17, 15) is 26.7 Å². The van der Waals surface area contributed by atoms with Gasteiger partial charge in [0.05, 0.1) is 0 Å². The molecule has 31 heavy (non-hydrogen) atoms. The normalized spacial score (nSPS) is 21.0. The van der Waals surface area contributed by atoms with Crippen LogP contribution in [-0.4, -0.2) is 20.5 Å². The van der Waals surface area contributed by atoms with E-state index in [1.165, 1.54) is 11.3 Å². The molecule has 0 fully saturated rings. The van der Waals surface area contributed by atoms with Gasteiger partial charge in [0, 0.05) is 34.6 Å². The summed E-state index contributed by atoms with van der Waals surface area (Å²) in [5, 5.41) is 8.21. The molecule has 0 unspecified atom stereocenters. The zero-order valence-corrected chi connectivity index (χ0v) is 16.4. The van der Waals surface area contributed by atoms with Gasteiger partial charge in [-0.25, -0.2) is 13.5 Å². The number of carbonyl (C=O) groups excluding carboxylic acids is 1. The number of nitrogens with zero attached hydrogens (tertiary/aromatic N) is 3. The van der Waals surface area contributed by atoms with Crippen LogP contribution in [0.3, 0.4) is 0 Å². The van der Waals surface area contributed by atoms with Crippen LogP contribution in [0.1, 0.15) is 41.1 Å². The van der Waals surface area contributed by atoms with E-state index in [-0.39, 0.29) is 35.2 Å². The quantitative estimate of drug-likeness (QED) is 0.553. The van der Waals surface area contributed by atoms with Crippen molar-refractivity contribution in [2.75, 3.05) is 5.32 Å². The first-order chi connectivity index (χ1) is 14.7. The Morgan fingerprint density at radius 2 is 1.87 bits per heavy atom. The minimum absolute atomic E-state index is 0.0192. The van der Waals surface area contributed by atoms with Crippen molar-refractivity contribution < 1.29 is 26.7 Å². The summed E-state index contributed by atoms with van der Waals surface area (Å²) in [5.74, 6) is -3.93. The summed E-state index contributed by atoms with van der Waals surface area (Å²) in [6.45, 7) is 0. The number of fused-ring (bicyclic) bond motifs is 1. The molecule has 3 heterocycles. The summed E-state index contributed by atoms with van der Waals surface area (Å²) >= 11 is 1.48. The maximum atomic E-state index is 13.9. The highest BCUT2D eigenvalue weighted by Crippen LogP contribution is 2.45. The molecule has 2 aliphatic rings. The average Bonchev–Trinajstić information content (AvgIpc) is 3.34. The fourth-order valence-corrected chi connectivity index (χ4v) is 4.93. The fourth-order valence-electron chi connectivity index (χ4n) is 4.10. The van der Waals surface area contributed by atoms with Crippen LogP contribution in [0, 0.1) is 11.6 Å². The summed E-state index contributed by atoms with van der Waals surface area (Å²) in [6, 6.07) is 5.14. The van der Waals surface area contributed by atoms with Gasteiger partial charge < -0.3 is 5.32 Å². The summed E-state index contributed by atoms with van der Waals surface area (Å²) in [5.41, 5.74) is 0.510. The summed E-state index contributed by atoms with van der Waals surface area (Å²) in [7, 11) is 0. The largest absolute Gasteiger partial charge is 0.453 e. The second kappa shape index (κ2) is 6.98. The Morgan fingerprint density at radius 1 is 1.13 bits per heavy atom. The molecule has 0 saturated carbocycles. The number of Topliss-reactive ketones (excluding diaryl/α,β-unsaturated/α-hetero) is 1. The van der Waals surface area contributed by atoms with Gasteiger partial charge in [0.25, 0.3) is 5.82 Å². The Balaban J connectivity index is 1.67. The zero-order chi connectivity index (χ0) is 21.9. The number of ketones is 1. The van der Waals surface area contributed by atoms with Crippen molar-refractivity contribution in [2.45, 2.75) is 31.0 Å². The maximum Gasteiger partial charge on any atom is 0.453 e. The van der Waals surface area contributed by atoms with Crippen LogP contribution in [0.2, 0.25) is 0 Å². The number of halogens is 5. The molecule has 160 valence electrons. The first-order valence-electron chi connectivity index (χ1n) is 9.27. The van der Waals surface area contributed by atoms with E-state index in [1.807, 2.05) is 17.5 Å². The predicted octanol–water partition coefficient (Wildman–Crippen LogP) is 5.05. The van der Waals surface area contributed by atoms with Gasteiger partial charge >= 0.3 is 6.18 Å². The lowest BCUT2D eigenvalue weighted by atomic mass is 9.80. The van der Waals surface area contributed by atoms with Crippen molar-refractivity contribution in [3.05, 3.63) is 74.9 Å². The number of rotatable bonds is 2. The van der Waals surface area contributed by atoms with Crippen molar-refractivity contribution in [3.8, 4) is 0 Å². The van der Waals surface area contributed by atoms with Gasteiger partial charge in [0.2, 0.25) is 5.95 Å². The Kier molecular flexibility index (Phi) is 4.47. The van der Waals surface area contributed by atoms with E-state index in [4.69, 9.17) is 0 Å². The van der Waals surface area contributed by atoms with Crippen molar-refractivity contribution in [1.29, 1.82) is 0 Å².